The minimum Gasteiger partial charge on any atom is -0.485 e. The van der Waals surface area contributed by atoms with Crippen LogP contribution >= 0.6 is 0 Å². The van der Waals surface area contributed by atoms with Gasteiger partial charge in [-0.3, -0.25) is 4.79 Å². The minimum atomic E-state index is -0.874. The summed E-state index contributed by atoms with van der Waals surface area (Å²) < 4.78 is 6.40. The van der Waals surface area contributed by atoms with E-state index in [2.05, 4.69) is 45.0 Å². The molecule has 0 aliphatic heterocycles. The third-order valence-corrected chi connectivity index (χ3v) is 5.42. The molecule has 4 aromatic rings. The van der Waals surface area contributed by atoms with Gasteiger partial charge in [-0.1, -0.05) is 30.2 Å². The van der Waals surface area contributed by atoms with Gasteiger partial charge < -0.3 is 14.8 Å². The number of carbonyl (C=O) groups is 1. The van der Waals surface area contributed by atoms with E-state index in [1.807, 2.05) is 49.5 Å². The SMILES string of the molecule is CC#C[C@@H](CC(=O)O)c1ccc(O[C@@H](Cc2nccc(C)n2)c2ccc3cc[nH]c3c2)cc1. The molecule has 4 rings (SSSR count). The van der Waals surface area contributed by atoms with Crippen LogP contribution in [0.4, 0.5) is 0 Å². The zero-order valence-corrected chi connectivity index (χ0v) is 18.6. The maximum atomic E-state index is 11.2. The number of aromatic amines is 1. The molecule has 0 unspecified atom stereocenters. The van der Waals surface area contributed by atoms with Crippen molar-refractivity contribution in [3.63, 3.8) is 0 Å². The Morgan fingerprint density at radius 3 is 2.64 bits per heavy atom. The largest absolute Gasteiger partial charge is 0.485 e. The number of aliphatic carboxylic acids is 1. The van der Waals surface area contributed by atoms with Crippen LogP contribution in [0.1, 0.15) is 48.0 Å². The number of fused-ring (bicyclic) bond motifs is 1. The van der Waals surface area contributed by atoms with Gasteiger partial charge in [-0.15, -0.1) is 5.92 Å². The lowest BCUT2D eigenvalue weighted by Crippen LogP contribution is -2.13. The fourth-order valence-electron chi connectivity index (χ4n) is 3.80. The average molecular weight is 440 g/mol. The van der Waals surface area contributed by atoms with Crippen molar-refractivity contribution in [3.05, 3.63) is 89.6 Å². The van der Waals surface area contributed by atoms with E-state index in [0.29, 0.717) is 18.0 Å². The number of aromatic nitrogens is 3. The molecule has 2 aromatic carbocycles. The van der Waals surface area contributed by atoms with Crippen molar-refractivity contribution in [2.24, 2.45) is 0 Å². The highest BCUT2D eigenvalue weighted by molar-refractivity contribution is 5.80. The highest BCUT2D eigenvalue weighted by Crippen LogP contribution is 2.29. The second-order valence-corrected chi connectivity index (χ2v) is 7.86. The van der Waals surface area contributed by atoms with Crippen LogP contribution in [0, 0.1) is 18.8 Å². The summed E-state index contributed by atoms with van der Waals surface area (Å²) in [5, 5.41) is 10.3. The molecule has 0 aliphatic carbocycles. The van der Waals surface area contributed by atoms with E-state index in [1.54, 1.807) is 13.1 Å². The molecule has 0 spiro atoms. The number of carboxylic acids is 1. The Hall–Kier alpha value is -4.11. The molecule has 166 valence electrons. The highest BCUT2D eigenvalue weighted by atomic mass is 16.5. The molecule has 0 saturated carbocycles. The third-order valence-electron chi connectivity index (χ3n) is 5.42. The van der Waals surface area contributed by atoms with Gasteiger partial charge in [0.15, 0.2) is 0 Å². The number of ether oxygens (including phenoxy) is 1. The van der Waals surface area contributed by atoms with Crippen LogP contribution in [-0.2, 0) is 11.2 Å². The summed E-state index contributed by atoms with van der Waals surface area (Å²) in [5.74, 6) is 5.97. The summed E-state index contributed by atoms with van der Waals surface area (Å²) in [4.78, 5) is 23.4. The van der Waals surface area contributed by atoms with Crippen molar-refractivity contribution >= 4 is 16.9 Å². The lowest BCUT2D eigenvalue weighted by atomic mass is 9.96. The maximum absolute atomic E-state index is 11.2. The quantitative estimate of drug-likeness (QED) is 0.368. The van der Waals surface area contributed by atoms with Gasteiger partial charge in [0.1, 0.15) is 17.7 Å². The molecule has 33 heavy (non-hydrogen) atoms. The fourth-order valence-corrected chi connectivity index (χ4v) is 3.80. The van der Waals surface area contributed by atoms with Gasteiger partial charge in [0, 0.05) is 30.0 Å². The molecule has 0 radical (unpaired) electrons. The second kappa shape index (κ2) is 10.0. The Morgan fingerprint density at radius 2 is 1.91 bits per heavy atom. The lowest BCUT2D eigenvalue weighted by molar-refractivity contribution is -0.137. The number of nitrogens with zero attached hydrogens (tertiary/aromatic N) is 2. The van der Waals surface area contributed by atoms with Gasteiger partial charge in [0.25, 0.3) is 0 Å². The van der Waals surface area contributed by atoms with Crippen molar-refractivity contribution in [2.75, 3.05) is 0 Å². The van der Waals surface area contributed by atoms with E-state index in [9.17, 15) is 9.90 Å². The van der Waals surface area contributed by atoms with Gasteiger partial charge in [-0.05, 0) is 60.7 Å². The third kappa shape index (κ3) is 5.58. The first kappa shape index (κ1) is 22.1. The van der Waals surface area contributed by atoms with Crippen LogP contribution in [-0.4, -0.2) is 26.0 Å². The number of H-pyrrole nitrogens is 1. The van der Waals surface area contributed by atoms with Gasteiger partial charge in [0.05, 0.1) is 12.3 Å². The van der Waals surface area contributed by atoms with E-state index in [-0.39, 0.29) is 18.4 Å². The molecule has 2 atom stereocenters. The van der Waals surface area contributed by atoms with Gasteiger partial charge in [0.2, 0.25) is 0 Å². The van der Waals surface area contributed by atoms with Crippen molar-refractivity contribution < 1.29 is 14.6 Å². The number of hydrogen-bond donors (Lipinski definition) is 2. The molecule has 2 heterocycles. The normalized spacial score (nSPS) is 12.5. The highest BCUT2D eigenvalue weighted by Gasteiger charge is 2.18. The zero-order valence-electron chi connectivity index (χ0n) is 18.6. The molecule has 0 aliphatic rings. The number of rotatable bonds is 8. The van der Waals surface area contributed by atoms with E-state index < -0.39 is 5.97 Å². The van der Waals surface area contributed by atoms with Crippen LogP contribution < -0.4 is 4.74 Å². The van der Waals surface area contributed by atoms with Crippen molar-refractivity contribution in [1.82, 2.24) is 15.0 Å². The van der Waals surface area contributed by atoms with E-state index in [0.717, 1.165) is 27.7 Å². The summed E-state index contributed by atoms with van der Waals surface area (Å²) in [6, 6.07) is 17.6. The molecule has 0 saturated heterocycles. The topological polar surface area (TPSA) is 88.1 Å². The number of nitrogens with one attached hydrogen (secondary N) is 1. The zero-order chi connectivity index (χ0) is 23.2. The number of benzene rings is 2. The number of carboxylic acid groups (broad SMARTS) is 1. The number of hydrogen-bond acceptors (Lipinski definition) is 4. The van der Waals surface area contributed by atoms with Crippen molar-refractivity contribution in [2.45, 2.75) is 38.7 Å². The molecular weight excluding hydrogens is 414 g/mol. The first-order valence-electron chi connectivity index (χ1n) is 10.8. The standard InChI is InChI=1S/C27H25N3O3/c1-3-4-21(16-27(31)32)19-7-9-23(10-8-19)33-25(17-26-29-13-11-18(2)30-26)22-6-5-20-12-14-28-24(20)15-22/h5-15,21,25,28H,16-17H2,1-2H3,(H,31,32)/t21-,25-/m0/s1. The molecule has 6 heteroatoms. The smallest absolute Gasteiger partial charge is 0.304 e. The lowest BCUT2D eigenvalue weighted by Gasteiger charge is -2.20. The predicted molar refractivity (Wildman–Crippen MR) is 127 cm³/mol. The van der Waals surface area contributed by atoms with E-state index in [1.165, 1.54) is 0 Å². The Balaban J connectivity index is 1.61. The maximum Gasteiger partial charge on any atom is 0.304 e. The Morgan fingerprint density at radius 1 is 1.12 bits per heavy atom. The van der Waals surface area contributed by atoms with Gasteiger partial charge in [-0.2, -0.15) is 0 Å². The Kier molecular flexibility index (Phi) is 6.70. The van der Waals surface area contributed by atoms with Crippen LogP contribution in [0.15, 0.2) is 67.0 Å². The van der Waals surface area contributed by atoms with Crippen LogP contribution in [0.2, 0.25) is 0 Å². The Bertz CT molecular complexity index is 1320. The molecule has 2 N–H and O–H groups in total. The van der Waals surface area contributed by atoms with Crippen LogP contribution in [0.5, 0.6) is 5.75 Å². The molecule has 6 nitrogen and oxygen atoms in total. The monoisotopic (exact) mass is 439 g/mol. The second-order valence-electron chi connectivity index (χ2n) is 7.86. The van der Waals surface area contributed by atoms with E-state index in [4.69, 9.17) is 4.74 Å². The van der Waals surface area contributed by atoms with Gasteiger partial charge >= 0.3 is 5.97 Å². The first-order chi connectivity index (χ1) is 16.0. The molecule has 2 aromatic heterocycles. The molecule has 0 fully saturated rings. The first-order valence-corrected chi connectivity index (χ1v) is 10.8. The summed E-state index contributed by atoms with van der Waals surface area (Å²) in [5.41, 5.74) is 3.81. The average Bonchev–Trinajstić information content (AvgIpc) is 3.27. The summed E-state index contributed by atoms with van der Waals surface area (Å²) in [7, 11) is 0. The minimum absolute atomic E-state index is 0.0372. The van der Waals surface area contributed by atoms with Crippen molar-refractivity contribution in [1.29, 1.82) is 0 Å². The van der Waals surface area contributed by atoms with Crippen LogP contribution in [0.3, 0.4) is 0 Å². The summed E-state index contributed by atoms with van der Waals surface area (Å²) in [6.45, 7) is 3.66. The van der Waals surface area contributed by atoms with E-state index >= 15 is 0 Å². The molecular formula is C27H25N3O3. The fraction of sp³-hybridized carbons (Fsp3) is 0.222. The Labute approximate surface area is 192 Å². The van der Waals surface area contributed by atoms with Crippen molar-refractivity contribution in [3.8, 4) is 17.6 Å². The summed E-state index contributed by atoms with van der Waals surface area (Å²) in [6.07, 6.45) is 3.85. The molecule has 0 amide bonds. The van der Waals surface area contributed by atoms with Crippen LogP contribution in [0.25, 0.3) is 10.9 Å². The molecule has 0 bridgehead atoms. The number of aryl methyl sites for hydroxylation is 1. The van der Waals surface area contributed by atoms with Gasteiger partial charge in [-0.25, -0.2) is 9.97 Å². The summed E-state index contributed by atoms with van der Waals surface area (Å²) >= 11 is 0. The predicted octanol–water partition coefficient (Wildman–Crippen LogP) is 5.21.